The van der Waals surface area contributed by atoms with Crippen LogP contribution < -0.4 is 0 Å². The van der Waals surface area contributed by atoms with Gasteiger partial charge in [0, 0.05) is 17.3 Å². The molecule has 4 heteroatoms. The number of nitrogens with zero attached hydrogens (tertiary/aromatic N) is 2. The highest BCUT2D eigenvalue weighted by Gasteiger charge is 2.20. The Morgan fingerprint density at radius 2 is 1.82 bits per heavy atom. The summed E-state index contributed by atoms with van der Waals surface area (Å²) in [6.45, 7) is 10.5. The van der Waals surface area contributed by atoms with Crippen LogP contribution in [0.1, 0.15) is 51.7 Å². The molecule has 0 amide bonds. The van der Waals surface area contributed by atoms with E-state index in [1.165, 1.54) is 5.56 Å². The van der Waals surface area contributed by atoms with Gasteiger partial charge in [-0.15, -0.1) is 0 Å². The second-order valence-electron chi connectivity index (χ2n) is 6.97. The lowest BCUT2D eigenvalue weighted by Crippen LogP contribution is -2.22. The molecule has 1 N–H and O–H groups in total. The van der Waals surface area contributed by atoms with Crippen molar-refractivity contribution in [2.24, 2.45) is 0 Å². The molecule has 0 fully saturated rings. The molecule has 2 rings (SSSR count). The minimum absolute atomic E-state index is 0.0165. The van der Waals surface area contributed by atoms with Gasteiger partial charge in [0.05, 0.1) is 17.7 Å². The van der Waals surface area contributed by atoms with Crippen molar-refractivity contribution in [2.45, 2.75) is 52.5 Å². The van der Waals surface area contributed by atoms with Crippen molar-refractivity contribution in [3.63, 3.8) is 0 Å². The Morgan fingerprint density at radius 1 is 1.23 bits per heavy atom. The summed E-state index contributed by atoms with van der Waals surface area (Å²) in [4.78, 5) is 11.1. The maximum absolute atomic E-state index is 11.1. The summed E-state index contributed by atoms with van der Waals surface area (Å²) in [5.74, 6) is -0.367. The molecule has 0 saturated heterocycles. The molecule has 2 aromatic rings. The number of aliphatic carboxylic acids is 1. The molecule has 118 valence electrons. The topological polar surface area (TPSA) is 55.1 Å². The SMILES string of the molecule is CC(C)c1ccc(-c2nn(C(C)(C)C)cc2CC(=O)O)cc1. The second kappa shape index (κ2) is 5.95. The number of aromatic nitrogens is 2. The maximum atomic E-state index is 11.1. The van der Waals surface area contributed by atoms with Gasteiger partial charge in [-0.05, 0) is 32.3 Å². The highest BCUT2D eigenvalue weighted by molar-refractivity contribution is 5.74. The van der Waals surface area contributed by atoms with E-state index in [9.17, 15) is 4.79 Å². The van der Waals surface area contributed by atoms with Crippen LogP contribution in [0.15, 0.2) is 30.5 Å². The Bertz CT molecular complexity index is 661. The van der Waals surface area contributed by atoms with Crippen LogP contribution in [-0.4, -0.2) is 20.9 Å². The van der Waals surface area contributed by atoms with Crippen LogP contribution in [0.4, 0.5) is 0 Å². The van der Waals surface area contributed by atoms with E-state index in [4.69, 9.17) is 5.11 Å². The van der Waals surface area contributed by atoms with Crippen LogP contribution >= 0.6 is 0 Å². The van der Waals surface area contributed by atoms with Gasteiger partial charge >= 0.3 is 5.97 Å². The van der Waals surface area contributed by atoms with Crippen LogP contribution in [0.25, 0.3) is 11.3 Å². The summed E-state index contributed by atoms with van der Waals surface area (Å²) in [5, 5.41) is 13.8. The number of benzene rings is 1. The average molecular weight is 300 g/mol. The third-order valence-electron chi connectivity index (χ3n) is 3.67. The van der Waals surface area contributed by atoms with Gasteiger partial charge in [-0.3, -0.25) is 9.48 Å². The normalized spacial score (nSPS) is 11.9. The van der Waals surface area contributed by atoms with E-state index in [0.29, 0.717) is 5.92 Å². The van der Waals surface area contributed by atoms with Gasteiger partial charge in [-0.2, -0.15) is 5.10 Å². The molecule has 4 nitrogen and oxygen atoms in total. The average Bonchev–Trinajstić information content (AvgIpc) is 2.82. The molecular formula is C18H24N2O2. The molecule has 1 aromatic heterocycles. The van der Waals surface area contributed by atoms with Gasteiger partial charge in [0.15, 0.2) is 0 Å². The van der Waals surface area contributed by atoms with E-state index < -0.39 is 5.97 Å². The number of rotatable bonds is 4. The lowest BCUT2D eigenvalue weighted by atomic mass is 9.99. The van der Waals surface area contributed by atoms with Gasteiger partial charge in [0.1, 0.15) is 0 Å². The Kier molecular flexibility index (Phi) is 4.40. The maximum Gasteiger partial charge on any atom is 0.307 e. The van der Waals surface area contributed by atoms with Crippen LogP contribution in [0, 0.1) is 0 Å². The highest BCUT2D eigenvalue weighted by Crippen LogP contribution is 2.27. The summed E-state index contributed by atoms with van der Waals surface area (Å²) in [6, 6.07) is 8.22. The number of hydrogen-bond acceptors (Lipinski definition) is 2. The number of carboxylic acid groups (broad SMARTS) is 1. The molecule has 0 aliphatic rings. The predicted molar refractivity (Wildman–Crippen MR) is 88.1 cm³/mol. The first-order valence-corrected chi connectivity index (χ1v) is 7.59. The quantitative estimate of drug-likeness (QED) is 0.926. The first kappa shape index (κ1) is 16.3. The van der Waals surface area contributed by atoms with E-state index in [1.807, 2.05) is 23.0 Å². The summed E-state index contributed by atoms with van der Waals surface area (Å²) >= 11 is 0. The zero-order valence-corrected chi connectivity index (χ0v) is 13.9. The molecule has 0 radical (unpaired) electrons. The third-order valence-corrected chi connectivity index (χ3v) is 3.67. The first-order valence-electron chi connectivity index (χ1n) is 7.59. The minimum atomic E-state index is -0.839. The van der Waals surface area contributed by atoms with Crippen molar-refractivity contribution in [3.05, 3.63) is 41.6 Å². The van der Waals surface area contributed by atoms with Gasteiger partial charge in [-0.1, -0.05) is 38.1 Å². The molecule has 22 heavy (non-hydrogen) atoms. The van der Waals surface area contributed by atoms with Gasteiger partial charge in [0.25, 0.3) is 0 Å². The molecular weight excluding hydrogens is 276 g/mol. The van der Waals surface area contributed by atoms with Crippen LogP contribution in [0.5, 0.6) is 0 Å². The van der Waals surface area contributed by atoms with E-state index in [-0.39, 0.29) is 12.0 Å². The number of hydrogen-bond donors (Lipinski definition) is 1. The van der Waals surface area contributed by atoms with E-state index in [1.54, 1.807) is 0 Å². The predicted octanol–water partition coefficient (Wildman–Crippen LogP) is 4.06. The Labute approximate surface area is 131 Å². The molecule has 0 saturated carbocycles. The lowest BCUT2D eigenvalue weighted by Gasteiger charge is -2.18. The van der Waals surface area contributed by atoms with Crippen LogP contribution in [0.2, 0.25) is 0 Å². The summed E-state index contributed by atoms with van der Waals surface area (Å²) in [7, 11) is 0. The molecule has 0 aliphatic heterocycles. The molecule has 1 aromatic carbocycles. The van der Waals surface area contributed by atoms with Gasteiger partial charge in [-0.25, -0.2) is 0 Å². The van der Waals surface area contributed by atoms with Crippen molar-refractivity contribution in [1.29, 1.82) is 0 Å². The van der Waals surface area contributed by atoms with Crippen molar-refractivity contribution < 1.29 is 9.90 Å². The van der Waals surface area contributed by atoms with E-state index in [0.717, 1.165) is 16.8 Å². The highest BCUT2D eigenvalue weighted by atomic mass is 16.4. The largest absolute Gasteiger partial charge is 0.481 e. The summed E-state index contributed by atoms with van der Waals surface area (Å²) in [6.07, 6.45) is 1.83. The van der Waals surface area contributed by atoms with Crippen LogP contribution in [0.3, 0.4) is 0 Å². The van der Waals surface area contributed by atoms with Crippen molar-refractivity contribution in [2.75, 3.05) is 0 Å². The Hall–Kier alpha value is -2.10. The fourth-order valence-corrected chi connectivity index (χ4v) is 2.31. The third kappa shape index (κ3) is 3.56. The molecule has 0 unspecified atom stereocenters. The lowest BCUT2D eigenvalue weighted by molar-refractivity contribution is -0.136. The van der Waals surface area contributed by atoms with Crippen molar-refractivity contribution in [3.8, 4) is 11.3 Å². The standard InChI is InChI=1S/C18H24N2O2/c1-12(2)13-6-8-14(9-7-13)17-15(10-16(21)22)11-20(19-17)18(3,4)5/h6-9,11-12H,10H2,1-5H3,(H,21,22). The monoisotopic (exact) mass is 300 g/mol. The fraction of sp³-hybridized carbons (Fsp3) is 0.444. The zero-order chi connectivity index (χ0) is 16.5. The second-order valence-corrected chi connectivity index (χ2v) is 6.97. The Balaban J connectivity index is 2.47. The van der Waals surface area contributed by atoms with Gasteiger partial charge < -0.3 is 5.11 Å². The van der Waals surface area contributed by atoms with Crippen molar-refractivity contribution >= 4 is 5.97 Å². The Morgan fingerprint density at radius 3 is 2.27 bits per heavy atom. The van der Waals surface area contributed by atoms with E-state index in [2.05, 4.69) is 51.9 Å². The number of carbonyl (C=O) groups is 1. The minimum Gasteiger partial charge on any atom is -0.481 e. The molecule has 0 aliphatic carbocycles. The summed E-state index contributed by atoms with van der Waals surface area (Å²) in [5.41, 5.74) is 3.55. The number of carboxylic acids is 1. The molecule has 0 atom stereocenters. The summed E-state index contributed by atoms with van der Waals surface area (Å²) < 4.78 is 1.84. The molecule has 0 bridgehead atoms. The van der Waals surface area contributed by atoms with Crippen molar-refractivity contribution in [1.82, 2.24) is 9.78 Å². The first-order chi connectivity index (χ1) is 10.2. The van der Waals surface area contributed by atoms with Gasteiger partial charge in [0.2, 0.25) is 0 Å². The molecule has 0 spiro atoms. The van der Waals surface area contributed by atoms with E-state index >= 15 is 0 Å². The zero-order valence-electron chi connectivity index (χ0n) is 13.9. The fourth-order valence-electron chi connectivity index (χ4n) is 2.31. The molecule has 1 heterocycles. The smallest absolute Gasteiger partial charge is 0.307 e. The van der Waals surface area contributed by atoms with Crippen LogP contribution in [-0.2, 0) is 16.8 Å².